The number of nitrogens with zero attached hydrogens (tertiary/aromatic N) is 2. The fraction of sp³-hybridized carbons (Fsp3) is 0.357. The van der Waals surface area contributed by atoms with Crippen LogP contribution in [0.5, 0.6) is 11.5 Å². The second-order valence-electron chi connectivity index (χ2n) is 9.65. The number of aromatic nitrogens is 1. The van der Waals surface area contributed by atoms with Crippen LogP contribution in [-0.4, -0.2) is 54.2 Å². The van der Waals surface area contributed by atoms with E-state index in [1.807, 2.05) is 30.3 Å². The van der Waals surface area contributed by atoms with Crippen molar-refractivity contribution in [1.29, 1.82) is 5.26 Å². The molecule has 2 fully saturated rings. The molecule has 3 N–H and O–H groups in total. The lowest BCUT2D eigenvalue weighted by Gasteiger charge is -2.41. The second kappa shape index (κ2) is 8.57. The van der Waals surface area contributed by atoms with E-state index < -0.39 is 29.1 Å². The number of fused-ring (bicyclic) bond motifs is 3. The average molecular weight is 486 g/mol. The zero-order valence-electron chi connectivity index (χ0n) is 19.8. The van der Waals surface area contributed by atoms with Crippen LogP contribution in [0.15, 0.2) is 67.0 Å². The van der Waals surface area contributed by atoms with E-state index in [0.717, 1.165) is 5.56 Å². The van der Waals surface area contributed by atoms with Gasteiger partial charge in [0.1, 0.15) is 11.5 Å². The molecule has 8 nitrogen and oxygen atoms in total. The van der Waals surface area contributed by atoms with Crippen molar-refractivity contribution in [3.8, 4) is 17.6 Å². The molecule has 0 bridgehead atoms. The van der Waals surface area contributed by atoms with Crippen molar-refractivity contribution in [3.05, 3.63) is 89.2 Å². The van der Waals surface area contributed by atoms with E-state index in [4.69, 9.17) is 14.2 Å². The largest absolute Gasteiger partial charge is 0.495 e. The number of aliphatic hydroxyl groups excluding tert-OH is 1. The third-order valence-electron chi connectivity index (χ3n) is 7.90. The van der Waals surface area contributed by atoms with E-state index in [1.165, 1.54) is 13.3 Å². The van der Waals surface area contributed by atoms with Crippen LogP contribution in [0, 0.1) is 17.2 Å². The van der Waals surface area contributed by atoms with Crippen LogP contribution in [0.25, 0.3) is 0 Å². The molecule has 0 spiro atoms. The first kappa shape index (κ1) is 23.0. The van der Waals surface area contributed by atoms with E-state index >= 15 is 0 Å². The molecule has 0 unspecified atom stereocenters. The zero-order valence-corrected chi connectivity index (χ0v) is 19.8. The lowest BCUT2D eigenvalue weighted by atomic mass is 9.70. The summed E-state index contributed by atoms with van der Waals surface area (Å²) >= 11 is 0. The molecule has 1 saturated carbocycles. The summed E-state index contributed by atoms with van der Waals surface area (Å²) < 4.78 is 17.7. The Balaban J connectivity index is 1.60. The predicted molar refractivity (Wildman–Crippen MR) is 129 cm³/mol. The molecule has 5 atom stereocenters. The highest BCUT2D eigenvalue weighted by Crippen LogP contribution is 2.69. The maximum absolute atomic E-state index is 12.7. The van der Waals surface area contributed by atoms with Crippen molar-refractivity contribution >= 4 is 0 Å². The maximum Gasteiger partial charge on any atom is 0.177 e. The fourth-order valence-electron chi connectivity index (χ4n) is 6.21. The van der Waals surface area contributed by atoms with Gasteiger partial charge in [-0.15, -0.1) is 0 Å². The van der Waals surface area contributed by atoms with Gasteiger partial charge in [0.25, 0.3) is 0 Å². The molecule has 1 aliphatic carbocycles. The minimum atomic E-state index is -1.85. The normalized spacial score (nSPS) is 30.6. The SMILES string of the molecule is COc1cncc2c1[C@]1(O)[C@H](O)[C@H](CNC3COC3)[C@H](c3ccccc3)[C@]1(c1ccc(C#N)cc1)O2. The number of pyridine rings is 1. The fourth-order valence-corrected chi connectivity index (χ4v) is 6.21. The average Bonchev–Trinajstić information content (AvgIpc) is 3.27. The summed E-state index contributed by atoms with van der Waals surface area (Å²) in [5.41, 5.74) is -0.798. The topological polar surface area (TPSA) is 117 Å². The first-order chi connectivity index (χ1) is 17.5. The van der Waals surface area contributed by atoms with E-state index in [2.05, 4.69) is 16.4 Å². The lowest BCUT2D eigenvalue weighted by Crippen LogP contribution is -2.52. The Bertz CT molecular complexity index is 1310. The number of benzene rings is 2. The van der Waals surface area contributed by atoms with E-state index in [0.29, 0.717) is 47.9 Å². The van der Waals surface area contributed by atoms with Crippen molar-refractivity contribution in [2.75, 3.05) is 26.9 Å². The summed E-state index contributed by atoms with van der Waals surface area (Å²) in [5, 5.41) is 37.6. The van der Waals surface area contributed by atoms with E-state index in [1.54, 1.807) is 30.5 Å². The molecule has 8 heteroatoms. The monoisotopic (exact) mass is 485 g/mol. The van der Waals surface area contributed by atoms with Gasteiger partial charge in [-0.05, 0) is 23.3 Å². The number of aliphatic hydroxyl groups is 2. The Labute approximate surface area is 209 Å². The molecule has 6 rings (SSSR count). The molecule has 0 amide bonds. The molecule has 0 radical (unpaired) electrons. The minimum Gasteiger partial charge on any atom is -0.495 e. The zero-order chi connectivity index (χ0) is 24.9. The van der Waals surface area contributed by atoms with Crippen LogP contribution in [0.2, 0.25) is 0 Å². The molecule has 1 aromatic heterocycles. The standard InChI is InChI=1S/C28H27N3O5/c1-34-22-13-30-14-23-25(22)27(33)26(32)21(12-31-20-15-35-16-20)24(18-5-3-2-4-6-18)28(27,36-23)19-9-7-17(11-29)8-10-19/h2-10,13-14,20-21,24,26,31-33H,12,15-16H2,1H3/t21-,24+,26-,27+,28+/m1/s1. The predicted octanol–water partition coefficient (Wildman–Crippen LogP) is 2.20. The van der Waals surface area contributed by atoms with Gasteiger partial charge >= 0.3 is 0 Å². The molecule has 3 aliphatic rings. The molecule has 3 heterocycles. The molecular weight excluding hydrogens is 458 g/mol. The second-order valence-corrected chi connectivity index (χ2v) is 9.65. The number of ether oxygens (including phenoxy) is 3. The summed E-state index contributed by atoms with van der Waals surface area (Å²) in [5.74, 6) is -0.158. The Hall–Kier alpha value is -3.48. The molecule has 2 aromatic carbocycles. The number of hydrogen-bond donors (Lipinski definition) is 3. The number of methoxy groups -OCH3 is 1. The summed E-state index contributed by atoms with van der Waals surface area (Å²) in [7, 11) is 1.51. The van der Waals surface area contributed by atoms with E-state index in [-0.39, 0.29) is 6.04 Å². The highest BCUT2D eigenvalue weighted by molar-refractivity contribution is 5.59. The smallest absolute Gasteiger partial charge is 0.177 e. The molecule has 36 heavy (non-hydrogen) atoms. The molecule has 3 aromatic rings. The van der Waals surface area contributed by atoms with Crippen LogP contribution in [0.3, 0.4) is 0 Å². The summed E-state index contributed by atoms with van der Waals surface area (Å²) in [4.78, 5) is 4.25. The van der Waals surface area contributed by atoms with Crippen LogP contribution in [0.4, 0.5) is 0 Å². The van der Waals surface area contributed by atoms with Gasteiger partial charge in [-0.1, -0.05) is 42.5 Å². The van der Waals surface area contributed by atoms with Gasteiger partial charge in [-0.25, -0.2) is 0 Å². The van der Waals surface area contributed by atoms with Crippen molar-refractivity contribution in [3.63, 3.8) is 0 Å². The van der Waals surface area contributed by atoms with E-state index in [9.17, 15) is 15.5 Å². The molecule has 184 valence electrons. The molecular formula is C28H27N3O5. The van der Waals surface area contributed by atoms with Crippen LogP contribution < -0.4 is 14.8 Å². The first-order valence-electron chi connectivity index (χ1n) is 12.0. The number of nitrogens with one attached hydrogen (secondary N) is 1. The first-order valence-corrected chi connectivity index (χ1v) is 12.0. The minimum absolute atomic E-state index is 0.196. The van der Waals surface area contributed by atoms with Crippen molar-refractivity contribution in [2.45, 2.75) is 29.3 Å². The molecule has 1 saturated heterocycles. The Morgan fingerprint density at radius 3 is 2.53 bits per heavy atom. The summed E-state index contributed by atoms with van der Waals surface area (Å²) in [6.07, 6.45) is 1.87. The van der Waals surface area contributed by atoms with Gasteiger partial charge in [0.15, 0.2) is 11.2 Å². The van der Waals surface area contributed by atoms with Crippen molar-refractivity contribution < 1.29 is 24.4 Å². The summed E-state index contributed by atoms with van der Waals surface area (Å²) in [6, 6.07) is 19.2. The van der Waals surface area contributed by atoms with Crippen LogP contribution >= 0.6 is 0 Å². The quantitative estimate of drug-likeness (QED) is 0.487. The van der Waals surface area contributed by atoms with Crippen molar-refractivity contribution in [1.82, 2.24) is 10.3 Å². The van der Waals surface area contributed by atoms with Gasteiger partial charge in [0.2, 0.25) is 0 Å². The lowest BCUT2D eigenvalue weighted by molar-refractivity contribution is -0.152. The number of hydrogen-bond acceptors (Lipinski definition) is 8. The van der Waals surface area contributed by atoms with Crippen LogP contribution in [0.1, 0.15) is 28.2 Å². The highest BCUT2D eigenvalue weighted by Gasteiger charge is 2.76. The third kappa shape index (κ3) is 3.04. The van der Waals surface area contributed by atoms with Crippen molar-refractivity contribution in [2.24, 2.45) is 5.92 Å². The number of nitriles is 1. The Morgan fingerprint density at radius 1 is 1.14 bits per heavy atom. The molecule has 2 aliphatic heterocycles. The number of rotatable bonds is 6. The van der Waals surface area contributed by atoms with Gasteiger partial charge in [-0.3, -0.25) is 4.98 Å². The summed E-state index contributed by atoms with van der Waals surface area (Å²) in [6.45, 7) is 1.67. The maximum atomic E-state index is 12.7. The van der Waals surface area contributed by atoms with Gasteiger partial charge in [0.05, 0.1) is 62.1 Å². The van der Waals surface area contributed by atoms with Gasteiger partial charge in [0, 0.05) is 18.4 Å². The third-order valence-corrected chi connectivity index (χ3v) is 7.90. The van der Waals surface area contributed by atoms with Gasteiger partial charge < -0.3 is 29.7 Å². The highest BCUT2D eigenvalue weighted by atomic mass is 16.5. The Kier molecular flexibility index (Phi) is 5.47. The van der Waals surface area contributed by atoms with Gasteiger partial charge in [-0.2, -0.15) is 5.26 Å². The Morgan fingerprint density at radius 2 is 1.89 bits per heavy atom. The van der Waals surface area contributed by atoms with Crippen LogP contribution in [-0.2, 0) is 15.9 Å².